The Morgan fingerprint density at radius 2 is 0.287 bits per heavy atom. The molecule has 9 nitrogen and oxygen atoms in total. The fourth-order valence-corrected chi connectivity index (χ4v) is 23.0. The van der Waals surface area contributed by atoms with Crippen LogP contribution in [0, 0.1) is 0 Å². The van der Waals surface area contributed by atoms with Gasteiger partial charge in [-0.05, 0) is 203 Å². The van der Waals surface area contributed by atoms with Gasteiger partial charge in [0.15, 0.2) is 0 Å². The van der Waals surface area contributed by atoms with Crippen molar-refractivity contribution in [2.45, 2.75) is 0 Å². The summed E-state index contributed by atoms with van der Waals surface area (Å²) in [5.74, 6) is 0. The van der Waals surface area contributed by atoms with Gasteiger partial charge in [0.2, 0.25) is 0 Å². The molecule has 0 bridgehead atoms. The van der Waals surface area contributed by atoms with Gasteiger partial charge in [0.1, 0.15) is 0 Å². The first kappa shape index (κ1) is 87.6. The summed E-state index contributed by atoms with van der Waals surface area (Å²) in [5.41, 5.74) is 40.6. The van der Waals surface area contributed by atoms with Gasteiger partial charge in [0.25, 0.3) is 0 Å². The van der Waals surface area contributed by atoms with E-state index in [0.717, 1.165) is 118 Å². The predicted molar refractivity (Wildman–Crippen MR) is 628 cm³/mol. The van der Waals surface area contributed by atoms with Crippen molar-refractivity contribution < 1.29 is 0 Å². The molecule has 0 fully saturated rings. The summed E-state index contributed by atoms with van der Waals surface area (Å²) in [6, 6.07) is 201. The molecular weight excluding hydrogens is 1820 g/mol. The molecular formula is C141H93N9. The molecule has 150 heavy (non-hydrogen) atoms. The van der Waals surface area contributed by atoms with Crippen molar-refractivity contribution in [1.82, 2.24) is 42.4 Å². The Hall–Kier alpha value is -20.1. The van der Waals surface area contributed by atoms with Crippen LogP contribution in [0.2, 0.25) is 0 Å². The van der Waals surface area contributed by atoms with Crippen LogP contribution in [0.15, 0.2) is 564 Å². The summed E-state index contributed by atoms with van der Waals surface area (Å²) < 4.78 is 14.5. The highest BCUT2D eigenvalue weighted by atomic mass is 15.0. The fraction of sp³-hybridized carbons (Fsp3) is 0. The maximum Gasteiger partial charge on any atom is 0.0715 e. The van der Waals surface area contributed by atoms with Gasteiger partial charge >= 0.3 is 0 Å². The number of nitrogens with zero attached hydrogens (tertiary/aromatic N) is 9. The van der Waals surface area contributed by atoms with Crippen molar-refractivity contribution in [3.63, 3.8) is 0 Å². The quantitative estimate of drug-likeness (QED) is 0.103. The first-order valence-electron chi connectivity index (χ1n) is 51.2. The van der Waals surface area contributed by atoms with E-state index in [1.54, 1.807) is 0 Å². The minimum absolute atomic E-state index is 0.951. The number of pyridine rings is 3. The highest BCUT2D eigenvalue weighted by Gasteiger charge is 2.27. The van der Waals surface area contributed by atoms with Crippen LogP contribution in [0.4, 0.5) is 0 Å². The van der Waals surface area contributed by atoms with Crippen LogP contribution in [0.3, 0.4) is 0 Å². The number of hydrogen-bond acceptors (Lipinski definition) is 3. The number of hydrogen-bond donors (Lipinski definition) is 0. The second kappa shape index (κ2) is 37.2. The van der Waals surface area contributed by atoms with E-state index in [0.29, 0.717) is 0 Å². The van der Waals surface area contributed by atoms with Crippen LogP contribution >= 0.6 is 0 Å². The van der Waals surface area contributed by atoms with Crippen molar-refractivity contribution in [2.75, 3.05) is 0 Å². The monoisotopic (exact) mass is 1910 g/mol. The predicted octanol–water partition coefficient (Wildman–Crippen LogP) is 36.8. The lowest BCUT2D eigenvalue weighted by atomic mass is 10.00. The van der Waals surface area contributed by atoms with E-state index in [2.05, 4.69) is 567 Å². The van der Waals surface area contributed by atoms with E-state index in [4.69, 9.17) is 15.0 Å². The maximum absolute atomic E-state index is 5.19. The molecule has 0 radical (unpaired) electrons. The van der Waals surface area contributed by atoms with E-state index in [1.807, 2.05) is 24.3 Å². The van der Waals surface area contributed by atoms with Gasteiger partial charge in [0, 0.05) is 132 Å². The van der Waals surface area contributed by atoms with E-state index < -0.39 is 0 Å². The number of rotatable bonds is 15. The highest BCUT2D eigenvalue weighted by molar-refractivity contribution is 6.31. The molecule has 30 aromatic rings. The minimum atomic E-state index is 0.951. The van der Waals surface area contributed by atoms with E-state index >= 15 is 0 Å². The van der Waals surface area contributed by atoms with Crippen LogP contribution in [0.5, 0.6) is 0 Å². The van der Waals surface area contributed by atoms with E-state index in [1.165, 1.54) is 148 Å². The summed E-state index contributed by atoms with van der Waals surface area (Å²) in [6.07, 6.45) is 0. The molecule has 9 aromatic heterocycles. The van der Waals surface area contributed by atoms with Crippen LogP contribution < -0.4 is 0 Å². The van der Waals surface area contributed by atoms with Crippen molar-refractivity contribution >= 4 is 131 Å². The van der Waals surface area contributed by atoms with Gasteiger partial charge < -0.3 is 27.4 Å². The Labute approximate surface area is 866 Å². The van der Waals surface area contributed by atoms with Crippen LogP contribution in [-0.2, 0) is 0 Å². The SMILES string of the molecule is c1ccc(-c2cc(-c3ccc(-n4c5ccccc5c5c6c7ccccc7n(-c7ccccc7)c6ccc54)cc3)cc(-c3ccccc3)n2)cc1.c1ccc(-c2cc(-c3ccccc3)nc(-c3ccc(-n4c5ccccc5c5c4ccc4c6ccccc6n(-c6ccccc6)c45)cc3)c2)cc1.c1ccc(-c2cc(-c3ccccc3)nc(-c3ccc(-n4c5ccccc5c5ccc6c(c7ccccc7n6-c6ccccc6)c54)cc3)c2)cc1. The first-order chi connectivity index (χ1) is 74.4. The normalized spacial score (nSPS) is 11.6. The molecule has 9 heteroatoms. The van der Waals surface area contributed by atoms with Gasteiger partial charge in [-0.1, -0.05) is 394 Å². The van der Waals surface area contributed by atoms with Crippen LogP contribution in [0.1, 0.15) is 0 Å². The Morgan fingerprint density at radius 3 is 0.567 bits per heavy atom. The Bertz CT molecular complexity index is 10200. The van der Waals surface area contributed by atoms with Gasteiger partial charge in [-0.3, -0.25) is 0 Å². The van der Waals surface area contributed by atoms with Crippen molar-refractivity contribution in [2.24, 2.45) is 0 Å². The number of benzene rings is 21. The molecule has 702 valence electrons. The summed E-state index contributed by atoms with van der Waals surface area (Å²) in [6.45, 7) is 0. The molecule has 9 heterocycles. The van der Waals surface area contributed by atoms with Gasteiger partial charge in [-0.25, -0.2) is 15.0 Å². The maximum atomic E-state index is 5.19. The molecule has 0 saturated heterocycles. The molecule has 0 spiro atoms. The molecule has 0 unspecified atom stereocenters. The Balaban J connectivity index is 0.000000108. The van der Waals surface area contributed by atoms with E-state index in [-0.39, 0.29) is 0 Å². The second-order valence-electron chi connectivity index (χ2n) is 38.4. The standard InChI is InChI=1S/3C47H31N3/c1-4-14-33(15-5-1)40-30-35(31-41(48-40)34-16-6-2-7-17-34)32-24-26-37(27-25-32)50-43-23-13-11-21-39(43)47-45(50)29-28-44-46(47)38-20-10-12-22-42(38)49(44)36-18-8-3-9-19-36;1-4-14-32(15-5-1)35-30-41(33-16-6-2-7-17-33)48-42(31-35)34-24-26-37(27-25-34)49-44-23-13-11-21-40(44)46-45(49)29-28-39-38-20-10-12-22-43(38)50(47(39)46)36-18-8-3-9-19-36;1-4-14-32(15-5-1)35-30-41(33-16-6-2-7-17-33)48-42(31-35)34-24-26-37(27-25-34)50-43-22-12-10-20-38(43)39-28-29-45-46(47(39)50)40-21-11-13-23-44(40)49(45)36-18-8-3-9-19-36/h3*1-31H. The fourth-order valence-electron chi connectivity index (χ4n) is 23.0. The van der Waals surface area contributed by atoms with Gasteiger partial charge in [-0.15, -0.1) is 0 Å². The number of para-hydroxylation sites is 9. The zero-order valence-corrected chi connectivity index (χ0v) is 81.7. The second-order valence-corrected chi connectivity index (χ2v) is 38.4. The van der Waals surface area contributed by atoms with Gasteiger partial charge in [-0.2, -0.15) is 0 Å². The van der Waals surface area contributed by atoms with E-state index in [9.17, 15) is 0 Å². The molecule has 0 N–H and O–H groups in total. The molecule has 30 rings (SSSR count). The smallest absolute Gasteiger partial charge is 0.0715 e. The average molecular weight is 1910 g/mol. The summed E-state index contributed by atoms with van der Waals surface area (Å²) in [5, 5.41) is 15.1. The first-order valence-corrected chi connectivity index (χ1v) is 51.2. The summed E-state index contributed by atoms with van der Waals surface area (Å²) >= 11 is 0. The van der Waals surface area contributed by atoms with Gasteiger partial charge in [0.05, 0.1) is 100 Å². The van der Waals surface area contributed by atoms with Crippen LogP contribution in [-0.4, -0.2) is 42.4 Å². The lowest BCUT2D eigenvalue weighted by Gasteiger charge is -2.12. The molecule has 0 aliphatic carbocycles. The van der Waals surface area contributed by atoms with Crippen molar-refractivity contribution in [3.05, 3.63) is 564 Å². The molecule has 0 saturated carbocycles. The zero-order valence-electron chi connectivity index (χ0n) is 81.7. The van der Waals surface area contributed by atoms with Crippen molar-refractivity contribution in [1.29, 1.82) is 0 Å². The minimum Gasteiger partial charge on any atom is -0.309 e. The molecule has 0 amide bonds. The van der Waals surface area contributed by atoms with Crippen molar-refractivity contribution in [3.8, 4) is 135 Å². The largest absolute Gasteiger partial charge is 0.309 e. The highest BCUT2D eigenvalue weighted by Crippen LogP contribution is 2.49. The lowest BCUT2D eigenvalue weighted by molar-refractivity contribution is 1.17. The third-order valence-corrected chi connectivity index (χ3v) is 29.7. The molecule has 0 atom stereocenters. The molecule has 0 aliphatic rings. The third kappa shape index (κ3) is 15.3. The Morgan fingerprint density at radius 1 is 0.107 bits per heavy atom. The number of aromatic nitrogens is 9. The Kier molecular flexibility index (Phi) is 21.8. The van der Waals surface area contributed by atoms with Crippen LogP contribution in [0.25, 0.3) is 266 Å². The third-order valence-electron chi connectivity index (χ3n) is 29.7. The lowest BCUT2D eigenvalue weighted by Crippen LogP contribution is -1.96. The average Bonchev–Trinajstić information content (AvgIpc) is 1.55. The number of fused-ring (bicyclic) bond motifs is 21. The molecule has 0 aliphatic heterocycles. The topological polar surface area (TPSA) is 68.2 Å². The zero-order chi connectivity index (χ0) is 99.1. The summed E-state index contributed by atoms with van der Waals surface area (Å²) in [4.78, 5) is 15.5. The summed E-state index contributed by atoms with van der Waals surface area (Å²) in [7, 11) is 0. The molecule has 21 aromatic carbocycles.